The molecule has 0 aliphatic heterocycles. The van der Waals surface area contributed by atoms with E-state index in [1.54, 1.807) is 42.5 Å². The molecule has 0 spiro atoms. The van der Waals surface area contributed by atoms with Crippen LogP contribution in [0.1, 0.15) is 11.1 Å². The Labute approximate surface area is 218 Å². The molecule has 0 bridgehead atoms. The van der Waals surface area contributed by atoms with Gasteiger partial charge in [0.25, 0.3) is 5.91 Å². The number of nitrogens with zero attached hydrogens (tertiary/aromatic N) is 1. The van der Waals surface area contributed by atoms with Gasteiger partial charge in [-0.1, -0.05) is 51.3 Å². The fourth-order valence-electron chi connectivity index (χ4n) is 2.83. The van der Waals surface area contributed by atoms with Crippen molar-refractivity contribution in [3.63, 3.8) is 0 Å². The van der Waals surface area contributed by atoms with E-state index in [0.29, 0.717) is 37.3 Å². The number of nitriles is 1. The lowest BCUT2D eigenvalue weighted by Gasteiger charge is -2.14. The van der Waals surface area contributed by atoms with Gasteiger partial charge in [0.2, 0.25) is 0 Å². The zero-order valence-corrected chi connectivity index (χ0v) is 21.8. The molecule has 1 amide bonds. The Morgan fingerprint density at radius 3 is 2.58 bits per heavy atom. The molecule has 0 unspecified atom stereocenters. The SMILES string of the molecule is COc1cc(/C=C(/C#N)C(=O)Nc2cccc(Br)c2)cc(Br)c1OCc1ccc(Cl)c(Cl)c1. The van der Waals surface area contributed by atoms with Crippen molar-refractivity contribution in [3.05, 3.63) is 90.3 Å². The summed E-state index contributed by atoms with van der Waals surface area (Å²) in [5.41, 5.74) is 1.92. The van der Waals surface area contributed by atoms with Gasteiger partial charge in [0, 0.05) is 10.2 Å². The van der Waals surface area contributed by atoms with Crippen LogP contribution in [0.5, 0.6) is 11.5 Å². The second-order valence-electron chi connectivity index (χ2n) is 6.71. The van der Waals surface area contributed by atoms with Crippen LogP contribution in [-0.2, 0) is 11.4 Å². The molecule has 0 radical (unpaired) electrons. The number of carbonyl (C=O) groups is 1. The molecule has 9 heteroatoms. The normalized spacial score (nSPS) is 11.0. The molecule has 3 aromatic rings. The van der Waals surface area contributed by atoms with Gasteiger partial charge >= 0.3 is 0 Å². The van der Waals surface area contributed by atoms with Gasteiger partial charge in [0.1, 0.15) is 18.2 Å². The van der Waals surface area contributed by atoms with Gasteiger partial charge in [0.05, 0.1) is 21.6 Å². The molecule has 0 fully saturated rings. The number of rotatable bonds is 7. The van der Waals surface area contributed by atoms with Crippen molar-refractivity contribution in [1.29, 1.82) is 5.26 Å². The molecule has 3 rings (SSSR count). The number of ether oxygens (including phenoxy) is 2. The number of amides is 1. The monoisotopic (exact) mass is 608 g/mol. The number of hydrogen-bond donors (Lipinski definition) is 1. The third kappa shape index (κ3) is 6.75. The third-order valence-electron chi connectivity index (χ3n) is 4.38. The maximum atomic E-state index is 12.6. The van der Waals surface area contributed by atoms with Crippen LogP contribution in [0.25, 0.3) is 6.08 Å². The van der Waals surface area contributed by atoms with Crippen molar-refractivity contribution in [3.8, 4) is 17.6 Å². The molecule has 0 saturated heterocycles. The number of anilines is 1. The van der Waals surface area contributed by atoms with Crippen LogP contribution < -0.4 is 14.8 Å². The number of benzene rings is 3. The minimum atomic E-state index is -0.523. The number of carbonyl (C=O) groups excluding carboxylic acids is 1. The number of nitrogens with one attached hydrogen (secondary N) is 1. The van der Waals surface area contributed by atoms with Gasteiger partial charge < -0.3 is 14.8 Å². The van der Waals surface area contributed by atoms with Crippen LogP contribution in [0, 0.1) is 11.3 Å². The average molecular weight is 611 g/mol. The van der Waals surface area contributed by atoms with Gasteiger partial charge in [-0.05, 0) is 75.6 Å². The molecular formula is C24H16Br2Cl2N2O3. The van der Waals surface area contributed by atoms with Gasteiger partial charge in [-0.25, -0.2) is 0 Å². The fraction of sp³-hybridized carbons (Fsp3) is 0.0833. The molecule has 0 aliphatic rings. The van der Waals surface area contributed by atoms with Crippen LogP contribution in [0.3, 0.4) is 0 Å². The first kappa shape index (κ1) is 25.1. The van der Waals surface area contributed by atoms with E-state index in [1.165, 1.54) is 13.2 Å². The summed E-state index contributed by atoms with van der Waals surface area (Å²) >= 11 is 18.8. The molecular weight excluding hydrogens is 595 g/mol. The highest BCUT2D eigenvalue weighted by atomic mass is 79.9. The quantitative estimate of drug-likeness (QED) is 0.220. The molecule has 5 nitrogen and oxygen atoms in total. The van der Waals surface area contributed by atoms with E-state index < -0.39 is 5.91 Å². The standard InChI is InChI=1S/C24H16Br2Cl2N2O3/c1-32-22-10-15(7-16(12-29)24(31)30-18-4-2-3-17(25)11-18)8-19(26)23(22)33-13-14-5-6-20(27)21(28)9-14/h2-11H,13H2,1H3,(H,30,31)/b16-7-. The minimum absolute atomic E-state index is 0.0617. The van der Waals surface area contributed by atoms with E-state index in [2.05, 4.69) is 37.2 Å². The largest absolute Gasteiger partial charge is 0.493 e. The van der Waals surface area contributed by atoms with E-state index in [0.717, 1.165) is 10.0 Å². The van der Waals surface area contributed by atoms with Crippen molar-refractivity contribution in [1.82, 2.24) is 0 Å². The molecule has 0 heterocycles. The Bertz CT molecular complexity index is 1270. The number of hydrogen-bond acceptors (Lipinski definition) is 4. The maximum Gasteiger partial charge on any atom is 0.266 e. The summed E-state index contributed by atoms with van der Waals surface area (Å²) < 4.78 is 12.8. The molecule has 3 aromatic carbocycles. The predicted molar refractivity (Wildman–Crippen MR) is 138 cm³/mol. The van der Waals surface area contributed by atoms with E-state index >= 15 is 0 Å². The van der Waals surface area contributed by atoms with Crippen LogP contribution in [0.2, 0.25) is 10.0 Å². The first-order valence-corrected chi connectivity index (χ1v) is 11.8. The van der Waals surface area contributed by atoms with E-state index in [1.807, 2.05) is 18.2 Å². The lowest BCUT2D eigenvalue weighted by molar-refractivity contribution is -0.112. The summed E-state index contributed by atoms with van der Waals surface area (Å²) in [6.45, 7) is 0.236. The molecule has 0 saturated carbocycles. The molecule has 1 N–H and O–H groups in total. The zero-order valence-electron chi connectivity index (χ0n) is 17.2. The lowest BCUT2D eigenvalue weighted by Crippen LogP contribution is -2.13. The fourth-order valence-corrected chi connectivity index (χ4v) is 4.12. The maximum absolute atomic E-state index is 12.6. The molecule has 33 heavy (non-hydrogen) atoms. The molecule has 0 aromatic heterocycles. The number of halogens is 4. The highest BCUT2D eigenvalue weighted by Crippen LogP contribution is 2.38. The van der Waals surface area contributed by atoms with Crippen LogP contribution in [-0.4, -0.2) is 13.0 Å². The van der Waals surface area contributed by atoms with Crippen molar-refractivity contribution >= 4 is 72.7 Å². The summed E-state index contributed by atoms with van der Waals surface area (Å²) in [5.74, 6) is 0.379. The Kier molecular flexibility index (Phi) is 8.81. The Morgan fingerprint density at radius 1 is 1.12 bits per heavy atom. The van der Waals surface area contributed by atoms with E-state index in [9.17, 15) is 10.1 Å². The van der Waals surface area contributed by atoms with E-state index in [4.69, 9.17) is 32.7 Å². The predicted octanol–water partition coefficient (Wildman–Crippen LogP) is 7.65. The second kappa shape index (κ2) is 11.6. The van der Waals surface area contributed by atoms with Gasteiger partial charge in [0.15, 0.2) is 11.5 Å². The summed E-state index contributed by atoms with van der Waals surface area (Å²) in [7, 11) is 1.51. The first-order valence-electron chi connectivity index (χ1n) is 9.43. The zero-order chi connectivity index (χ0) is 24.0. The van der Waals surface area contributed by atoms with Crippen molar-refractivity contribution < 1.29 is 14.3 Å². The highest BCUT2D eigenvalue weighted by molar-refractivity contribution is 9.10. The Morgan fingerprint density at radius 2 is 1.91 bits per heavy atom. The Hall–Kier alpha value is -2.50. The Balaban J connectivity index is 1.82. The summed E-state index contributed by atoms with van der Waals surface area (Å²) in [5, 5.41) is 13.1. The van der Waals surface area contributed by atoms with Crippen LogP contribution >= 0.6 is 55.1 Å². The molecule has 0 atom stereocenters. The van der Waals surface area contributed by atoms with Gasteiger partial charge in [-0.2, -0.15) is 5.26 Å². The highest BCUT2D eigenvalue weighted by Gasteiger charge is 2.15. The number of methoxy groups -OCH3 is 1. The van der Waals surface area contributed by atoms with Gasteiger partial charge in [-0.3, -0.25) is 4.79 Å². The van der Waals surface area contributed by atoms with Crippen molar-refractivity contribution in [2.45, 2.75) is 6.61 Å². The van der Waals surface area contributed by atoms with Crippen LogP contribution in [0.4, 0.5) is 5.69 Å². The average Bonchev–Trinajstić information content (AvgIpc) is 2.78. The van der Waals surface area contributed by atoms with Gasteiger partial charge in [-0.15, -0.1) is 0 Å². The van der Waals surface area contributed by atoms with Crippen molar-refractivity contribution in [2.75, 3.05) is 12.4 Å². The molecule has 0 aliphatic carbocycles. The summed E-state index contributed by atoms with van der Waals surface area (Å²) in [6, 6.07) is 17.7. The smallest absolute Gasteiger partial charge is 0.266 e. The lowest BCUT2D eigenvalue weighted by atomic mass is 10.1. The van der Waals surface area contributed by atoms with Crippen molar-refractivity contribution in [2.24, 2.45) is 0 Å². The summed E-state index contributed by atoms with van der Waals surface area (Å²) in [6.07, 6.45) is 1.48. The first-order chi connectivity index (χ1) is 15.8. The topological polar surface area (TPSA) is 71.3 Å². The second-order valence-corrected chi connectivity index (χ2v) is 9.29. The minimum Gasteiger partial charge on any atom is -0.493 e. The third-order valence-corrected chi connectivity index (χ3v) is 6.20. The summed E-state index contributed by atoms with van der Waals surface area (Å²) in [4.78, 5) is 12.6. The van der Waals surface area contributed by atoms with E-state index in [-0.39, 0.29) is 12.2 Å². The van der Waals surface area contributed by atoms with Crippen LogP contribution in [0.15, 0.2) is 69.1 Å². The molecule has 168 valence electrons.